The summed E-state index contributed by atoms with van der Waals surface area (Å²) in [5, 5.41) is 0. The van der Waals surface area contributed by atoms with Crippen molar-refractivity contribution >= 4 is 0 Å². The van der Waals surface area contributed by atoms with Crippen LogP contribution in [0.15, 0.2) is 24.3 Å². The summed E-state index contributed by atoms with van der Waals surface area (Å²) in [5.41, 5.74) is 6.59. The Hall–Kier alpha value is -0.860. The van der Waals surface area contributed by atoms with E-state index in [0.29, 0.717) is 11.5 Å². The van der Waals surface area contributed by atoms with Crippen LogP contribution in [0.25, 0.3) is 0 Å². The number of nitrogens with two attached hydrogens (primary N) is 1. The highest BCUT2D eigenvalue weighted by Gasteiger charge is 2.53. The summed E-state index contributed by atoms with van der Waals surface area (Å²) in [7, 11) is 0. The summed E-state index contributed by atoms with van der Waals surface area (Å²) in [4.78, 5) is 0. The van der Waals surface area contributed by atoms with E-state index in [-0.39, 0.29) is 0 Å². The lowest BCUT2D eigenvalue weighted by Gasteiger charge is -2.59. The van der Waals surface area contributed by atoms with Crippen molar-refractivity contribution in [3.05, 3.63) is 35.4 Å². The van der Waals surface area contributed by atoms with E-state index in [1.54, 1.807) is 0 Å². The van der Waals surface area contributed by atoms with Crippen molar-refractivity contribution in [2.75, 3.05) is 0 Å². The molecule has 4 aliphatic rings. The van der Waals surface area contributed by atoms with E-state index < -0.39 is 0 Å². The zero-order chi connectivity index (χ0) is 14.4. The first-order valence-electron chi connectivity index (χ1n) is 8.69. The number of benzene rings is 1. The number of hydrogen-bond acceptors (Lipinski definition) is 2. The molecule has 1 unspecified atom stereocenters. The molecule has 0 aliphatic heterocycles. The molecule has 0 saturated heterocycles. The molecule has 114 valence electrons. The Morgan fingerprint density at radius 1 is 1.10 bits per heavy atom. The third-order valence-electron chi connectivity index (χ3n) is 6.71. The lowest BCUT2D eigenvalue weighted by molar-refractivity contribution is -0.0737. The molecule has 4 aliphatic carbocycles. The van der Waals surface area contributed by atoms with Gasteiger partial charge in [0, 0.05) is 6.04 Å². The SMILES string of the molecule is Cc1ccccc1CC(NN)C12CC3CC(CC(C3)C1)C2. The van der Waals surface area contributed by atoms with Crippen molar-refractivity contribution in [2.24, 2.45) is 29.0 Å². The second-order valence-electron chi connectivity index (χ2n) is 8.13. The maximum Gasteiger partial charge on any atom is 0.0307 e. The van der Waals surface area contributed by atoms with E-state index in [1.807, 2.05) is 0 Å². The molecule has 1 aromatic rings. The van der Waals surface area contributed by atoms with Crippen LogP contribution in [0.4, 0.5) is 0 Å². The minimum Gasteiger partial charge on any atom is -0.271 e. The first kappa shape index (κ1) is 13.8. The van der Waals surface area contributed by atoms with Gasteiger partial charge in [-0.1, -0.05) is 24.3 Å². The fourth-order valence-electron chi connectivity index (χ4n) is 6.12. The highest BCUT2D eigenvalue weighted by atomic mass is 15.2. The monoisotopic (exact) mass is 284 g/mol. The van der Waals surface area contributed by atoms with Crippen LogP contribution in [0.3, 0.4) is 0 Å². The summed E-state index contributed by atoms with van der Waals surface area (Å²) >= 11 is 0. The van der Waals surface area contributed by atoms with Crippen molar-refractivity contribution in [3.63, 3.8) is 0 Å². The van der Waals surface area contributed by atoms with E-state index in [0.717, 1.165) is 24.2 Å². The third-order valence-corrected chi connectivity index (χ3v) is 6.71. The molecule has 4 fully saturated rings. The summed E-state index contributed by atoms with van der Waals surface area (Å²) in [6, 6.07) is 9.25. The van der Waals surface area contributed by atoms with Gasteiger partial charge >= 0.3 is 0 Å². The third kappa shape index (κ3) is 2.33. The summed E-state index contributed by atoms with van der Waals surface area (Å²) in [5.74, 6) is 9.01. The second-order valence-corrected chi connectivity index (χ2v) is 8.13. The topological polar surface area (TPSA) is 38.0 Å². The largest absolute Gasteiger partial charge is 0.271 e. The number of hydrogen-bond donors (Lipinski definition) is 2. The van der Waals surface area contributed by atoms with Crippen molar-refractivity contribution in [1.82, 2.24) is 5.43 Å². The van der Waals surface area contributed by atoms with E-state index in [9.17, 15) is 0 Å². The van der Waals surface area contributed by atoms with Crippen LogP contribution in [0.2, 0.25) is 0 Å². The predicted octanol–water partition coefficient (Wildman–Crippen LogP) is 3.59. The van der Waals surface area contributed by atoms with Gasteiger partial charge in [0.2, 0.25) is 0 Å². The zero-order valence-electron chi connectivity index (χ0n) is 13.1. The van der Waals surface area contributed by atoms with Crippen LogP contribution < -0.4 is 11.3 Å². The minimum atomic E-state index is 0.451. The maximum absolute atomic E-state index is 6.04. The molecule has 4 saturated carbocycles. The predicted molar refractivity (Wildman–Crippen MR) is 86.6 cm³/mol. The molecule has 4 bridgehead atoms. The molecule has 2 heteroatoms. The Morgan fingerprint density at radius 2 is 1.67 bits per heavy atom. The molecule has 1 aromatic carbocycles. The molecule has 0 radical (unpaired) electrons. The van der Waals surface area contributed by atoms with Gasteiger partial charge in [0.1, 0.15) is 0 Å². The standard InChI is InChI=1S/C19H28N2/c1-13-4-2-3-5-17(13)9-18(21-20)19-10-14-6-15(11-19)8-16(7-14)12-19/h2-5,14-16,18,21H,6-12,20H2,1H3. The van der Waals surface area contributed by atoms with E-state index in [2.05, 4.69) is 36.6 Å². The van der Waals surface area contributed by atoms with Crippen molar-refractivity contribution in [1.29, 1.82) is 0 Å². The molecule has 21 heavy (non-hydrogen) atoms. The molecule has 0 amide bonds. The van der Waals surface area contributed by atoms with Crippen molar-refractivity contribution in [3.8, 4) is 0 Å². The van der Waals surface area contributed by atoms with Crippen LogP contribution in [0.5, 0.6) is 0 Å². The number of aryl methyl sites for hydroxylation is 1. The zero-order valence-corrected chi connectivity index (χ0v) is 13.1. The summed E-state index contributed by atoms with van der Waals surface area (Å²) < 4.78 is 0. The highest BCUT2D eigenvalue weighted by Crippen LogP contribution is 2.61. The van der Waals surface area contributed by atoms with Gasteiger partial charge in [-0.3, -0.25) is 11.3 Å². The quantitative estimate of drug-likeness (QED) is 0.655. The van der Waals surface area contributed by atoms with Crippen LogP contribution in [-0.2, 0) is 6.42 Å². The average molecular weight is 284 g/mol. The molecular formula is C19H28N2. The van der Waals surface area contributed by atoms with E-state index >= 15 is 0 Å². The number of hydrazine groups is 1. The van der Waals surface area contributed by atoms with Crippen LogP contribution >= 0.6 is 0 Å². The smallest absolute Gasteiger partial charge is 0.0307 e. The Morgan fingerprint density at radius 3 is 2.19 bits per heavy atom. The van der Waals surface area contributed by atoms with Gasteiger partial charge in [-0.2, -0.15) is 0 Å². The Bertz CT molecular complexity index is 487. The van der Waals surface area contributed by atoms with Crippen LogP contribution in [-0.4, -0.2) is 6.04 Å². The summed E-state index contributed by atoms with van der Waals surface area (Å²) in [6.07, 6.45) is 9.84. The van der Waals surface area contributed by atoms with Gasteiger partial charge in [0.25, 0.3) is 0 Å². The molecule has 0 heterocycles. The van der Waals surface area contributed by atoms with Crippen LogP contribution in [0.1, 0.15) is 49.7 Å². The molecule has 5 rings (SSSR count). The van der Waals surface area contributed by atoms with Gasteiger partial charge < -0.3 is 0 Å². The lowest BCUT2D eigenvalue weighted by atomic mass is 9.47. The number of rotatable bonds is 4. The van der Waals surface area contributed by atoms with E-state index in [1.165, 1.54) is 49.7 Å². The van der Waals surface area contributed by atoms with Crippen molar-refractivity contribution < 1.29 is 0 Å². The molecule has 2 nitrogen and oxygen atoms in total. The lowest BCUT2D eigenvalue weighted by Crippen LogP contribution is -2.58. The fraction of sp³-hybridized carbons (Fsp3) is 0.684. The first-order chi connectivity index (χ1) is 10.2. The van der Waals surface area contributed by atoms with Gasteiger partial charge in [0.15, 0.2) is 0 Å². The Kier molecular flexibility index (Phi) is 3.35. The molecular weight excluding hydrogens is 256 g/mol. The van der Waals surface area contributed by atoms with Gasteiger partial charge in [-0.05, 0) is 86.2 Å². The normalized spacial score (nSPS) is 38.7. The van der Waals surface area contributed by atoms with Gasteiger partial charge in [0.05, 0.1) is 0 Å². The fourth-order valence-corrected chi connectivity index (χ4v) is 6.12. The Balaban J connectivity index is 1.60. The molecule has 0 aromatic heterocycles. The Labute approximate surface area is 128 Å². The van der Waals surface area contributed by atoms with Crippen LogP contribution in [0, 0.1) is 30.1 Å². The van der Waals surface area contributed by atoms with Crippen molar-refractivity contribution in [2.45, 2.75) is 57.9 Å². The molecule has 3 N–H and O–H groups in total. The number of nitrogens with one attached hydrogen (secondary N) is 1. The van der Waals surface area contributed by atoms with Gasteiger partial charge in [-0.25, -0.2) is 0 Å². The molecule has 0 spiro atoms. The second kappa shape index (κ2) is 5.10. The maximum atomic E-state index is 6.04. The minimum absolute atomic E-state index is 0.451. The highest BCUT2D eigenvalue weighted by molar-refractivity contribution is 5.27. The average Bonchev–Trinajstić information content (AvgIpc) is 2.44. The molecule has 1 atom stereocenters. The van der Waals surface area contributed by atoms with E-state index in [4.69, 9.17) is 5.84 Å². The van der Waals surface area contributed by atoms with Gasteiger partial charge in [-0.15, -0.1) is 0 Å². The summed E-state index contributed by atoms with van der Waals surface area (Å²) in [6.45, 7) is 2.22. The first-order valence-corrected chi connectivity index (χ1v) is 8.69.